The van der Waals surface area contributed by atoms with Crippen LogP contribution in [-0.2, 0) is 0 Å². The van der Waals surface area contributed by atoms with E-state index < -0.39 is 0 Å². The highest BCUT2D eigenvalue weighted by molar-refractivity contribution is 6.14. The van der Waals surface area contributed by atoms with Crippen molar-refractivity contribution in [2.24, 2.45) is 0 Å². The van der Waals surface area contributed by atoms with Gasteiger partial charge in [-0.15, -0.1) is 0 Å². The Hall–Kier alpha value is -7.16. The van der Waals surface area contributed by atoms with Crippen molar-refractivity contribution in [1.29, 1.82) is 0 Å². The van der Waals surface area contributed by atoms with Crippen LogP contribution in [0.3, 0.4) is 0 Å². The lowest BCUT2D eigenvalue weighted by atomic mass is 9.99. The minimum Gasteiger partial charge on any atom is -0.310 e. The minimum absolute atomic E-state index is 1.11. The highest BCUT2D eigenvalue weighted by Crippen LogP contribution is 2.43. The molecule has 0 N–H and O–H groups in total. The Morgan fingerprint density at radius 2 is 0.556 bits per heavy atom. The lowest BCUT2D eigenvalue weighted by molar-refractivity contribution is 1.29. The first-order valence-electron chi connectivity index (χ1n) is 18.5. The molecule has 0 heterocycles. The van der Waals surface area contributed by atoms with E-state index in [4.69, 9.17) is 0 Å². The third-order valence-electron chi connectivity index (χ3n) is 10.6. The van der Waals surface area contributed by atoms with Gasteiger partial charge in [0.15, 0.2) is 0 Å². The summed E-state index contributed by atoms with van der Waals surface area (Å²) in [6.07, 6.45) is 0. The van der Waals surface area contributed by atoms with Gasteiger partial charge in [0.2, 0.25) is 0 Å². The van der Waals surface area contributed by atoms with Crippen molar-refractivity contribution in [1.82, 2.24) is 0 Å². The lowest BCUT2D eigenvalue weighted by Gasteiger charge is -2.27. The second kappa shape index (κ2) is 13.4. The summed E-state index contributed by atoms with van der Waals surface area (Å²) in [7, 11) is 0. The zero-order chi connectivity index (χ0) is 35.8. The van der Waals surface area contributed by atoms with Crippen LogP contribution in [0.15, 0.2) is 218 Å². The molecule has 0 radical (unpaired) electrons. The van der Waals surface area contributed by atoms with E-state index in [2.05, 4.69) is 228 Å². The van der Waals surface area contributed by atoms with Crippen molar-refractivity contribution in [3.8, 4) is 11.1 Å². The van der Waals surface area contributed by atoms with Gasteiger partial charge in [-0.05, 0) is 104 Å². The molecule has 10 aromatic carbocycles. The Labute approximate surface area is 315 Å². The van der Waals surface area contributed by atoms with Crippen molar-refractivity contribution >= 4 is 77.2 Å². The van der Waals surface area contributed by atoms with E-state index >= 15 is 0 Å². The number of para-hydroxylation sites is 2. The van der Waals surface area contributed by atoms with Crippen LogP contribution < -0.4 is 9.80 Å². The van der Waals surface area contributed by atoms with Gasteiger partial charge in [0.25, 0.3) is 0 Å². The maximum atomic E-state index is 2.37. The molecule has 0 saturated carbocycles. The topological polar surface area (TPSA) is 6.48 Å². The number of nitrogens with zero attached hydrogens (tertiary/aromatic N) is 2. The van der Waals surface area contributed by atoms with Gasteiger partial charge < -0.3 is 9.80 Å². The number of anilines is 6. The number of hydrogen-bond acceptors (Lipinski definition) is 2. The first-order valence-corrected chi connectivity index (χ1v) is 18.5. The van der Waals surface area contributed by atoms with Crippen LogP contribution in [-0.4, -0.2) is 0 Å². The number of hydrogen-bond donors (Lipinski definition) is 0. The summed E-state index contributed by atoms with van der Waals surface area (Å²) < 4.78 is 0. The zero-order valence-corrected chi connectivity index (χ0v) is 29.7. The number of rotatable bonds is 7. The smallest absolute Gasteiger partial charge is 0.0540 e. The van der Waals surface area contributed by atoms with Crippen molar-refractivity contribution in [3.05, 3.63) is 218 Å². The average molecular weight is 689 g/mol. The first-order chi connectivity index (χ1) is 26.8. The third-order valence-corrected chi connectivity index (χ3v) is 10.6. The summed E-state index contributed by atoms with van der Waals surface area (Å²) in [5, 5.41) is 9.99. The molecule has 0 bridgehead atoms. The monoisotopic (exact) mass is 688 g/mol. The minimum atomic E-state index is 1.11. The van der Waals surface area contributed by atoms with Gasteiger partial charge in [-0.3, -0.25) is 0 Å². The van der Waals surface area contributed by atoms with Crippen molar-refractivity contribution in [2.45, 2.75) is 0 Å². The van der Waals surface area contributed by atoms with Crippen LogP contribution in [0.1, 0.15) is 0 Å². The van der Waals surface area contributed by atoms with Crippen molar-refractivity contribution in [2.75, 3.05) is 9.80 Å². The Bertz CT molecular complexity index is 2710. The van der Waals surface area contributed by atoms with Gasteiger partial charge in [0.1, 0.15) is 0 Å². The first kappa shape index (κ1) is 31.6. The van der Waals surface area contributed by atoms with E-state index in [0.717, 1.165) is 34.1 Å². The highest BCUT2D eigenvalue weighted by Gasteiger charge is 2.18. The van der Waals surface area contributed by atoms with Crippen molar-refractivity contribution < 1.29 is 0 Å². The molecule has 0 aliphatic rings. The van der Waals surface area contributed by atoms with E-state index in [1.54, 1.807) is 0 Å². The number of benzene rings is 10. The van der Waals surface area contributed by atoms with Gasteiger partial charge in [-0.25, -0.2) is 0 Å². The van der Waals surface area contributed by atoms with Crippen LogP contribution in [0, 0.1) is 0 Å². The average Bonchev–Trinajstić information content (AvgIpc) is 3.25. The summed E-state index contributed by atoms with van der Waals surface area (Å²) in [5.41, 5.74) is 9.13. The van der Waals surface area contributed by atoms with Crippen LogP contribution in [0.2, 0.25) is 0 Å². The molecule has 10 aromatic rings. The molecule has 0 spiro atoms. The second-order valence-corrected chi connectivity index (χ2v) is 13.8. The molecule has 0 aliphatic heterocycles. The second-order valence-electron chi connectivity index (χ2n) is 13.8. The van der Waals surface area contributed by atoms with Gasteiger partial charge in [0, 0.05) is 33.5 Å². The summed E-state index contributed by atoms with van der Waals surface area (Å²) in [6.45, 7) is 0. The van der Waals surface area contributed by atoms with Crippen LogP contribution in [0.4, 0.5) is 34.1 Å². The Morgan fingerprint density at radius 3 is 0.981 bits per heavy atom. The largest absolute Gasteiger partial charge is 0.310 e. The Kier molecular flexibility index (Phi) is 7.85. The van der Waals surface area contributed by atoms with E-state index in [9.17, 15) is 0 Å². The van der Waals surface area contributed by atoms with E-state index in [-0.39, 0.29) is 0 Å². The molecule has 0 fully saturated rings. The Morgan fingerprint density at radius 1 is 0.204 bits per heavy atom. The summed E-state index contributed by atoms with van der Waals surface area (Å²) in [4.78, 5) is 4.74. The molecule has 0 atom stereocenters. The van der Waals surface area contributed by atoms with Crippen molar-refractivity contribution in [3.63, 3.8) is 0 Å². The molecule has 54 heavy (non-hydrogen) atoms. The fourth-order valence-electron chi connectivity index (χ4n) is 8.05. The quantitative estimate of drug-likeness (QED) is 0.154. The highest BCUT2D eigenvalue weighted by atomic mass is 15.1. The molecule has 0 aliphatic carbocycles. The maximum absolute atomic E-state index is 2.37. The molecular formula is C52H36N2. The molecule has 0 amide bonds. The number of fused-ring (bicyclic) bond motifs is 6. The van der Waals surface area contributed by atoms with Gasteiger partial charge in [-0.2, -0.15) is 0 Å². The fourth-order valence-corrected chi connectivity index (χ4v) is 8.05. The predicted octanol–water partition coefficient (Wildman–Crippen LogP) is 14.9. The van der Waals surface area contributed by atoms with E-state index in [1.807, 2.05) is 0 Å². The van der Waals surface area contributed by atoms with E-state index in [1.165, 1.54) is 54.2 Å². The van der Waals surface area contributed by atoms with Crippen LogP contribution in [0.25, 0.3) is 54.2 Å². The SMILES string of the molecule is c1ccc(N(c2ccc(-c3ccc(N(c4ccccc4)c4cccc5c4ccc4ccccc45)cc3)cc2)c2cccc3c2ccc2ccccc23)cc1. The molecule has 254 valence electrons. The van der Waals surface area contributed by atoms with E-state index in [0.29, 0.717) is 0 Å². The fraction of sp³-hybridized carbons (Fsp3) is 0. The maximum Gasteiger partial charge on any atom is 0.0540 e. The molecule has 0 aromatic heterocycles. The summed E-state index contributed by atoms with van der Waals surface area (Å²) >= 11 is 0. The third kappa shape index (κ3) is 5.53. The Balaban J connectivity index is 1.03. The zero-order valence-electron chi connectivity index (χ0n) is 29.7. The summed E-state index contributed by atoms with van der Waals surface area (Å²) in [6, 6.07) is 78.8. The standard InChI is InChI=1S/C52H36N2/c1-3-15-41(16-4-1)53(51-23-11-21-47-45-19-9-7-13-39(45)29-35-49(47)51)43-31-25-37(26-32-43)38-27-33-44(34-28-38)54(42-17-5-2-6-18-42)52-24-12-22-48-46-20-10-8-14-40(46)30-36-50(48)52/h1-36H. The molecule has 10 rings (SSSR count). The van der Waals surface area contributed by atoms with Gasteiger partial charge in [0.05, 0.1) is 11.4 Å². The molecule has 0 unspecified atom stereocenters. The molecule has 2 heteroatoms. The normalized spacial score (nSPS) is 11.3. The van der Waals surface area contributed by atoms with Gasteiger partial charge in [-0.1, -0.05) is 158 Å². The predicted molar refractivity (Wildman–Crippen MR) is 231 cm³/mol. The van der Waals surface area contributed by atoms with Crippen LogP contribution in [0.5, 0.6) is 0 Å². The lowest BCUT2D eigenvalue weighted by Crippen LogP contribution is -2.10. The summed E-state index contributed by atoms with van der Waals surface area (Å²) in [5.74, 6) is 0. The van der Waals surface area contributed by atoms with Gasteiger partial charge >= 0.3 is 0 Å². The van der Waals surface area contributed by atoms with Crippen LogP contribution >= 0.6 is 0 Å². The molecule has 2 nitrogen and oxygen atoms in total. The molecular weight excluding hydrogens is 653 g/mol. The molecule has 0 saturated heterocycles.